The summed E-state index contributed by atoms with van der Waals surface area (Å²) in [6.07, 6.45) is 8.69. The van der Waals surface area contributed by atoms with Crippen LogP contribution in [0.3, 0.4) is 0 Å². The molecule has 4 heteroatoms. The Morgan fingerprint density at radius 2 is 2.00 bits per heavy atom. The number of hydrogen-bond donors (Lipinski definition) is 1. The number of hydrogen-bond acceptors (Lipinski definition) is 2. The van der Waals surface area contributed by atoms with Gasteiger partial charge in [-0.1, -0.05) is 32.6 Å². The van der Waals surface area contributed by atoms with Crippen molar-refractivity contribution in [1.82, 2.24) is 15.1 Å². The van der Waals surface area contributed by atoms with Crippen LogP contribution in [0.25, 0.3) is 0 Å². The molecule has 0 unspecified atom stereocenters. The molecule has 0 atom stereocenters. The summed E-state index contributed by atoms with van der Waals surface area (Å²) in [6.45, 7) is 4.26. The Morgan fingerprint density at radius 1 is 1.25 bits per heavy atom. The van der Waals surface area contributed by atoms with Gasteiger partial charge in [0.2, 0.25) is 0 Å². The van der Waals surface area contributed by atoms with Crippen LogP contribution in [0.15, 0.2) is 12.3 Å². The van der Waals surface area contributed by atoms with Gasteiger partial charge < -0.3 is 5.32 Å². The zero-order valence-corrected chi connectivity index (χ0v) is 11.2. The van der Waals surface area contributed by atoms with Gasteiger partial charge in [-0.2, -0.15) is 5.10 Å². The smallest absolute Gasteiger partial charge is 0.0762 e. The van der Waals surface area contributed by atoms with Gasteiger partial charge in [-0.05, 0) is 19.0 Å². The van der Waals surface area contributed by atoms with E-state index >= 15 is 0 Å². The summed E-state index contributed by atoms with van der Waals surface area (Å²) in [6, 6.07) is 2.06. The maximum absolute atomic E-state index is 4.31. The second-order valence-electron chi connectivity index (χ2n) is 4.07. The Hall–Kier alpha value is -0.540. The molecular weight excluding hydrogens is 222 g/mol. The predicted octanol–water partition coefficient (Wildman–Crippen LogP) is 2.90. The van der Waals surface area contributed by atoms with Crippen LogP contribution in [-0.2, 0) is 13.6 Å². The fourth-order valence-corrected chi connectivity index (χ4v) is 1.63. The molecule has 1 rings (SSSR count). The highest BCUT2D eigenvalue weighted by Gasteiger charge is 1.95. The molecular formula is C12H24ClN3. The van der Waals surface area contributed by atoms with Gasteiger partial charge in [-0.3, -0.25) is 4.68 Å². The summed E-state index contributed by atoms with van der Waals surface area (Å²) >= 11 is 0. The van der Waals surface area contributed by atoms with E-state index in [1.54, 1.807) is 0 Å². The average Bonchev–Trinajstić information content (AvgIpc) is 2.63. The van der Waals surface area contributed by atoms with Gasteiger partial charge in [-0.25, -0.2) is 0 Å². The second kappa shape index (κ2) is 9.67. The molecule has 1 N–H and O–H groups in total. The topological polar surface area (TPSA) is 29.9 Å². The normalized spacial score (nSPS) is 10.1. The Morgan fingerprint density at radius 3 is 2.62 bits per heavy atom. The van der Waals surface area contributed by atoms with E-state index in [9.17, 15) is 0 Å². The fourth-order valence-electron chi connectivity index (χ4n) is 1.63. The number of aryl methyl sites for hydroxylation is 1. The Kier molecular flexibility index (Phi) is 9.34. The quantitative estimate of drug-likeness (QED) is 0.714. The SMILES string of the molecule is CCCCCCCNCc1ccn(C)n1.Cl. The maximum atomic E-state index is 4.31. The molecule has 0 fully saturated rings. The van der Waals surface area contributed by atoms with E-state index in [2.05, 4.69) is 23.4 Å². The Bertz CT molecular complexity index is 261. The highest BCUT2D eigenvalue weighted by molar-refractivity contribution is 5.85. The third-order valence-electron chi connectivity index (χ3n) is 2.53. The van der Waals surface area contributed by atoms with E-state index < -0.39 is 0 Å². The summed E-state index contributed by atoms with van der Waals surface area (Å²) in [5.74, 6) is 0. The summed E-state index contributed by atoms with van der Waals surface area (Å²) in [7, 11) is 1.95. The molecule has 1 aromatic rings. The van der Waals surface area contributed by atoms with Crippen molar-refractivity contribution in [2.45, 2.75) is 45.6 Å². The summed E-state index contributed by atoms with van der Waals surface area (Å²) in [4.78, 5) is 0. The number of nitrogens with zero attached hydrogens (tertiary/aromatic N) is 2. The molecule has 0 aliphatic rings. The lowest BCUT2D eigenvalue weighted by atomic mass is 10.1. The van der Waals surface area contributed by atoms with Gasteiger partial charge in [0.1, 0.15) is 0 Å². The van der Waals surface area contributed by atoms with E-state index in [1.807, 2.05) is 17.9 Å². The molecule has 0 radical (unpaired) electrons. The molecule has 0 saturated heterocycles. The Labute approximate surface area is 105 Å². The van der Waals surface area contributed by atoms with Gasteiger partial charge in [0, 0.05) is 19.8 Å². The number of unbranched alkanes of at least 4 members (excludes halogenated alkanes) is 4. The molecule has 0 bridgehead atoms. The molecule has 16 heavy (non-hydrogen) atoms. The van der Waals surface area contributed by atoms with Crippen LogP contribution in [0.4, 0.5) is 0 Å². The van der Waals surface area contributed by atoms with Gasteiger partial charge in [-0.15, -0.1) is 12.4 Å². The highest BCUT2D eigenvalue weighted by Crippen LogP contribution is 2.01. The Balaban J connectivity index is 0.00000225. The van der Waals surface area contributed by atoms with E-state index in [0.717, 1.165) is 18.8 Å². The number of halogens is 1. The summed E-state index contributed by atoms with van der Waals surface area (Å²) in [5.41, 5.74) is 1.13. The van der Waals surface area contributed by atoms with E-state index in [1.165, 1.54) is 32.1 Å². The lowest BCUT2D eigenvalue weighted by molar-refractivity contribution is 0.576. The van der Waals surface area contributed by atoms with Gasteiger partial charge in [0.15, 0.2) is 0 Å². The van der Waals surface area contributed by atoms with Crippen molar-refractivity contribution >= 4 is 12.4 Å². The first-order chi connectivity index (χ1) is 7.33. The minimum Gasteiger partial charge on any atom is -0.311 e. The fraction of sp³-hybridized carbons (Fsp3) is 0.750. The molecule has 0 amide bonds. The van der Waals surface area contributed by atoms with Crippen molar-refractivity contribution < 1.29 is 0 Å². The first kappa shape index (κ1) is 15.5. The molecule has 0 saturated carbocycles. The van der Waals surface area contributed by atoms with Crippen LogP contribution >= 0.6 is 12.4 Å². The largest absolute Gasteiger partial charge is 0.311 e. The summed E-state index contributed by atoms with van der Waals surface area (Å²) in [5, 5.41) is 7.73. The molecule has 3 nitrogen and oxygen atoms in total. The van der Waals surface area contributed by atoms with Gasteiger partial charge in [0.05, 0.1) is 5.69 Å². The van der Waals surface area contributed by atoms with Crippen LogP contribution in [0.2, 0.25) is 0 Å². The summed E-state index contributed by atoms with van der Waals surface area (Å²) < 4.78 is 1.85. The van der Waals surface area contributed by atoms with Crippen molar-refractivity contribution in [1.29, 1.82) is 0 Å². The van der Waals surface area contributed by atoms with Crippen LogP contribution in [-0.4, -0.2) is 16.3 Å². The van der Waals surface area contributed by atoms with Crippen LogP contribution in [0, 0.1) is 0 Å². The van der Waals surface area contributed by atoms with E-state index in [0.29, 0.717) is 0 Å². The molecule has 0 aromatic carbocycles. The maximum Gasteiger partial charge on any atom is 0.0762 e. The first-order valence-electron chi connectivity index (χ1n) is 6.02. The average molecular weight is 246 g/mol. The van der Waals surface area contributed by atoms with Crippen molar-refractivity contribution in [2.75, 3.05) is 6.54 Å². The molecule has 1 aromatic heterocycles. The minimum atomic E-state index is 0. The third-order valence-corrected chi connectivity index (χ3v) is 2.53. The third kappa shape index (κ3) is 6.85. The standard InChI is InChI=1S/C12H23N3.ClH/c1-3-4-5-6-7-9-13-11-12-8-10-15(2)14-12;/h8,10,13H,3-7,9,11H2,1-2H3;1H. The number of nitrogens with one attached hydrogen (secondary N) is 1. The van der Waals surface area contributed by atoms with E-state index in [-0.39, 0.29) is 12.4 Å². The lowest BCUT2D eigenvalue weighted by Crippen LogP contribution is -2.15. The highest BCUT2D eigenvalue weighted by atomic mass is 35.5. The van der Waals surface area contributed by atoms with Crippen molar-refractivity contribution in [3.05, 3.63) is 18.0 Å². The minimum absolute atomic E-state index is 0. The molecule has 1 heterocycles. The second-order valence-corrected chi connectivity index (χ2v) is 4.07. The van der Waals surface area contributed by atoms with E-state index in [4.69, 9.17) is 0 Å². The predicted molar refractivity (Wildman–Crippen MR) is 70.9 cm³/mol. The number of aromatic nitrogens is 2. The van der Waals surface area contributed by atoms with Crippen LogP contribution < -0.4 is 5.32 Å². The molecule has 0 aliphatic carbocycles. The van der Waals surface area contributed by atoms with Crippen LogP contribution in [0.5, 0.6) is 0 Å². The molecule has 94 valence electrons. The van der Waals surface area contributed by atoms with Crippen molar-refractivity contribution in [2.24, 2.45) is 7.05 Å². The first-order valence-corrected chi connectivity index (χ1v) is 6.02. The van der Waals surface area contributed by atoms with Crippen LogP contribution in [0.1, 0.15) is 44.7 Å². The zero-order chi connectivity index (χ0) is 10.9. The van der Waals surface area contributed by atoms with Crippen molar-refractivity contribution in [3.63, 3.8) is 0 Å². The lowest BCUT2D eigenvalue weighted by Gasteiger charge is -2.02. The van der Waals surface area contributed by atoms with Gasteiger partial charge in [0.25, 0.3) is 0 Å². The molecule has 0 aliphatic heterocycles. The van der Waals surface area contributed by atoms with Crippen molar-refractivity contribution in [3.8, 4) is 0 Å². The number of rotatable bonds is 8. The van der Waals surface area contributed by atoms with Gasteiger partial charge >= 0.3 is 0 Å². The zero-order valence-electron chi connectivity index (χ0n) is 10.4. The monoisotopic (exact) mass is 245 g/mol. The molecule has 0 spiro atoms.